The lowest BCUT2D eigenvalue weighted by Gasteiger charge is -2.38. The van der Waals surface area contributed by atoms with Crippen molar-refractivity contribution >= 4 is 11.8 Å². The summed E-state index contributed by atoms with van der Waals surface area (Å²) in [5.74, 6) is 0.138. The van der Waals surface area contributed by atoms with Gasteiger partial charge in [-0.05, 0) is 39.0 Å². The number of piperidine rings is 1. The number of nitrogens with zero attached hydrogens (tertiary/aromatic N) is 1. The molecular weight excluding hydrogens is 242 g/mol. The summed E-state index contributed by atoms with van der Waals surface area (Å²) < 4.78 is 0. The van der Waals surface area contributed by atoms with Gasteiger partial charge < -0.3 is 15.5 Å². The van der Waals surface area contributed by atoms with Crippen LogP contribution in [0.25, 0.3) is 0 Å². The van der Waals surface area contributed by atoms with Gasteiger partial charge in [0, 0.05) is 31.1 Å². The maximum atomic E-state index is 12.5. The number of rotatable bonds is 3. The predicted molar refractivity (Wildman–Crippen MR) is 71.5 cm³/mol. The van der Waals surface area contributed by atoms with Crippen LogP contribution in [0.1, 0.15) is 45.4 Å². The predicted octanol–water partition coefficient (Wildman–Crippen LogP) is 0.397. The molecule has 0 spiro atoms. The minimum absolute atomic E-state index is 0.0137. The van der Waals surface area contributed by atoms with Gasteiger partial charge in [-0.25, -0.2) is 0 Å². The van der Waals surface area contributed by atoms with Crippen molar-refractivity contribution < 1.29 is 9.59 Å². The third kappa shape index (κ3) is 2.48. The summed E-state index contributed by atoms with van der Waals surface area (Å²) in [5, 5.41) is 6.41. The third-order valence-electron chi connectivity index (χ3n) is 4.81. The van der Waals surface area contributed by atoms with Crippen molar-refractivity contribution in [3.8, 4) is 0 Å². The van der Waals surface area contributed by atoms with E-state index in [0.717, 1.165) is 19.4 Å². The molecule has 3 aliphatic rings. The minimum atomic E-state index is -0.278. The molecule has 5 heteroatoms. The van der Waals surface area contributed by atoms with Crippen molar-refractivity contribution in [3.63, 3.8) is 0 Å². The molecule has 3 atom stereocenters. The van der Waals surface area contributed by atoms with E-state index >= 15 is 0 Å². The smallest absolute Gasteiger partial charge is 0.245 e. The molecule has 3 unspecified atom stereocenters. The quantitative estimate of drug-likeness (QED) is 0.776. The SMILES string of the molecule is CCN(C(=O)C1CCC(=O)N1)C1CC2CCC(C1)N2. The molecule has 0 aliphatic carbocycles. The van der Waals surface area contributed by atoms with Crippen LogP contribution in [-0.4, -0.2) is 47.4 Å². The van der Waals surface area contributed by atoms with E-state index < -0.39 is 0 Å². The van der Waals surface area contributed by atoms with Crippen molar-refractivity contribution in [1.82, 2.24) is 15.5 Å². The highest BCUT2D eigenvalue weighted by Crippen LogP contribution is 2.30. The third-order valence-corrected chi connectivity index (χ3v) is 4.81. The van der Waals surface area contributed by atoms with Crippen LogP contribution in [0.4, 0.5) is 0 Å². The van der Waals surface area contributed by atoms with Crippen molar-refractivity contribution in [2.45, 2.75) is 69.6 Å². The standard InChI is InChI=1S/C14H23N3O2/c1-2-17(14(19)12-5-6-13(18)16-12)11-7-9-3-4-10(8-11)15-9/h9-12,15H,2-8H2,1H3,(H,16,18). The van der Waals surface area contributed by atoms with Crippen LogP contribution in [0.15, 0.2) is 0 Å². The molecule has 3 heterocycles. The second-order valence-corrected chi connectivity index (χ2v) is 6.05. The van der Waals surface area contributed by atoms with Gasteiger partial charge in [0.1, 0.15) is 6.04 Å². The molecule has 2 N–H and O–H groups in total. The fourth-order valence-corrected chi connectivity index (χ4v) is 3.88. The van der Waals surface area contributed by atoms with Crippen LogP contribution >= 0.6 is 0 Å². The van der Waals surface area contributed by atoms with Crippen LogP contribution in [0.3, 0.4) is 0 Å². The first-order valence-corrected chi connectivity index (χ1v) is 7.53. The Bertz CT molecular complexity index is 373. The maximum absolute atomic E-state index is 12.5. The van der Waals surface area contributed by atoms with Gasteiger partial charge >= 0.3 is 0 Å². The number of fused-ring (bicyclic) bond motifs is 2. The Labute approximate surface area is 114 Å². The summed E-state index contributed by atoms with van der Waals surface area (Å²) >= 11 is 0. The molecular formula is C14H23N3O2. The number of amides is 2. The van der Waals surface area contributed by atoms with Crippen LogP contribution in [-0.2, 0) is 9.59 Å². The number of likely N-dealkylation sites (N-methyl/N-ethyl adjacent to an activating group) is 1. The summed E-state index contributed by atoms with van der Waals surface area (Å²) in [6.45, 7) is 2.79. The van der Waals surface area contributed by atoms with Crippen molar-refractivity contribution in [2.75, 3.05) is 6.54 Å². The molecule has 3 rings (SSSR count). The summed E-state index contributed by atoms with van der Waals surface area (Å²) in [6.07, 6.45) is 5.77. The molecule has 3 fully saturated rings. The molecule has 0 aromatic rings. The van der Waals surface area contributed by atoms with Crippen LogP contribution in [0, 0.1) is 0 Å². The van der Waals surface area contributed by atoms with Crippen LogP contribution < -0.4 is 10.6 Å². The number of carbonyl (C=O) groups excluding carboxylic acids is 2. The Morgan fingerprint density at radius 3 is 2.47 bits per heavy atom. The number of hydrogen-bond donors (Lipinski definition) is 2. The van der Waals surface area contributed by atoms with Gasteiger partial charge in [-0.2, -0.15) is 0 Å². The van der Waals surface area contributed by atoms with E-state index in [4.69, 9.17) is 0 Å². The molecule has 5 nitrogen and oxygen atoms in total. The molecule has 0 aromatic carbocycles. The van der Waals surface area contributed by atoms with Gasteiger partial charge in [0.15, 0.2) is 0 Å². The Morgan fingerprint density at radius 2 is 1.95 bits per heavy atom. The van der Waals surface area contributed by atoms with Gasteiger partial charge in [0.05, 0.1) is 0 Å². The molecule has 106 valence electrons. The topological polar surface area (TPSA) is 61.4 Å². The first-order chi connectivity index (χ1) is 9.17. The highest BCUT2D eigenvalue weighted by Gasteiger charge is 2.39. The normalized spacial score (nSPS) is 37.2. The Balaban J connectivity index is 1.66. The largest absolute Gasteiger partial charge is 0.344 e. The van der Waals surface area contributed by atoms with Gasteiger partial charge in [0.25, 0.3) is 0 Å². The number of nitrogens with one attached hydrogen (secondary N) is 2. The van der Waals surface area contributed by atoms with Crippen molar-refractivity contribution in [1.29, 1.82) is 0 Å². The summed E-state index contributed by atoms with van der Waals surface area (Å²) in [4.78, 5) is 25.8. The molecule has 0 aromatic heterocycles. The summed E-state index contributed by atoms with van der Waals surface area (Å²) in [7, 11) is 0. The van der Waals surface area contributed by atoms with Crippen molar-refractivity contribution in [2.24, 2.45) is 0 Å². The first-order valence-electron chi connectivity index (χ1n) is 7.53. The molecule has 3 saturated heterocycles. The lowest BCUT2D eigenvalue weighted by Crippen LogP contribution is -2.54. The van der Waals surface area contributed by atoms with E-state index in [1.54, 1.807) is 0 Å². The Hall–Kier alpha value is -1.10. The van der Waals surface area contributed by atoms with E-state index in [1.807, 2.05) is 11.8 Å². The van der Waals surface area contributed by atoms with E-state index in [2.05, 4.69) is 10.6 Å². The fraction of sp³-hybridized carbons (Fsp3) is 0.857. The van der Waals surface area contributed by atoms with Crippen LogP contribution in [0.2, 0.25) is 0 Å². The van der Waals surface area contributed by atoms with Crippen LogP contribution in [0.5, 0.6) is 0 Å². The molecule has 0 radical (unpaired) electrons. The average Bonchev–Trinajstić information content (AvgIpc) is 2.97. The second-order valence-electron chi connectivity index (χ2n) is 6.05. The van der Waals surface area contributed by atoms with E-state index in [-0.39, 0.29) is 17.9 Å². The van der Waals surface area contributed by atoms with E-state index in [9.17, 15) is 9.59 Å². The lowest BCUT2D eigenvalue weighted by molar-refractivity contribution is -0.137. The van der Waals surface area contributed by atoms with E-state index in [0.29, 0.717) is 31.0 Å². The molecule has 3 aliphatic heterocycles. The zero-order chi connectivity index (χ0) is 13.4. The zero-order valence-corrected chi connectivity index (χ0v) is 11.5. The summed E-state index contributed by atoms with van der Waals surface area (Å²) in [5.41, 5.74) is 0. The van der Waals surface area contributed by atoms with Gasteiger partial charge in [-0.3, -0.25) is 9.59 Å². The van der Waals surface area contributed by atoms with Gasteiger partial charge in [-0.15, -0.1) is 0 Å². The Morgan fingerprint density at radius 1 is 1.26 bits per heavy atom. The lowest BCUT2D eigenvalue weighted by atomic mass is 9.97. The molecule has 2 amide bonds. The molecule has 19 heavy (non-hydrogen) atoms. The zero-order valence-electron chi connectivity index (χ0n) is 11.5. The highest BCUT2D eigenvalue weighted by molar-refractivity contribution is 5.91. The maximum Gasteiger partial charge on any atom is 0.245 e. The fourth-order valence-electron chi connectivity index (χ4n) is 3.88. The number of hydrogen-bond acceptors (Lipinski definition) is 3. The number of carbonyl (C=O) groups is 2. The van der Waals surface area contributed by atoms with E-state index in [1.165, 1.54) is 12.8 Å². The monoisotopic (exact) mass is 265 g/mol. The average molecular weight is 265 g/mol. The Kier molecular flexibility index (Phi) is 3.48. The molecule has 2 bridgehead atoms. The summed E-state index contributed by atoms with van der Waals surface area (Å²) in [6, 6.07) is 1.25. The second kappa shape index (κ2) is 5.12. The minimum Gasteiger partial charge on any atom is -0.344 e. The highest BCUT2D eigenvalue weighted by atomic mass is 16.2. The first kappa shape index (κ1) is 12.9. The van der Waals surface area contributed by atoms with Gasteiger partial charge in [-0.1, -0.05) is 0 Å². The van der Waals surface area contributed by atoms with Crippen molar-refractivity contribution in [3.05, 3.63) is 0 Å². The molecule has 0 saturated carbocycles. The van der Waals surface area contributed by atoms with Gasteiger partial charge in [0.2, 0.25) is 11.8 Å².